The lowest BCUT2D eigenvalue weighted by Crippen LogP contribution is -2.17. The van der Waals surface area contributed by atoms with Crippen molar-refractivity contribution in [3.05, 3.63) is 65.1 Å². The number of hydrogen-bond donors (Lipinski definition) is 2. The van der Waals surface area contributed by atoms with Gasteiger partial charge in [-0.05, 0) is 37.6 Å². The number of hydrogen-bond acceptors (Lipinski definition) is 3. The topological polar surface area (TPSA) is 83.7 Å². The minimum Gasteiger partial charge on any atom is -0.478 e. The van der Waals surface area contributed by atoms with Gasteiger partial charge in [0.25, 0.3) is 5.91 Å². The zero-order valence-corrected chi connectivity index (χ0v) is 12.7. The minimum absolute atomic E-state index is 0.0449. The smallest absolute Gasteiger partial charge is 0.337 e. The molecule has 2 heterocycles. The number of carboxylic acid groups (broad SMARTS) is 1. The Labute approximate surface area is 132 Å². The molecular weight excluding hydrogens is 294 g/mol. The summed E-state index contributed by atoms with van der Waals surface area (Å²) < 4.78 is 1.71. The van der Waals surface area contributed by atoms with Crippen molar-refractivity contribution in [2.45, 2.75) is 13.8 Å². The molecule has 0 spiro atoms. The van der Waals surface area contributed by atoms with Gasteiger partial charge in [0.2, 0.25) is 0 Å². The Morgan fingerprint density at radius 3 is 2.61 bits per heavy atom. The molecule has 0 aliphatic carbocycles. The van der Waals surface area contributed by atoms with Gasteiger partial charge in [-0.25, -0.2) is 9.78 Å². The Morgan fingerprint density at radius 1 is 1.13 bits per heavy atom. The van der Waals surface area contributed by atoms with Crippen molar-refractivity contribution in [3.8, 4) is 0 Å². The van der Waals surface area contributed by atoms with E-state index >= 15 is 0 Å². The summed E-state index contributed by atoms with van der Waals surface area (Å²) in [5.41, 5.74) is 2.95. The second-order valence-electron chi connectivity index (χ2n) is 5.24. The average Bonchev–Trinajstić information content (AvgIpc) is 2.85. The number of nitrogens with one attached hydrogen (secondary N) is 1. The van der Waals surface area contributed by atoms with Crippen LogP contribution in [0.15, 0.2) is 42.6 Å². The number of pyridine rings is 1. The van der Waals surface area contributed by atoms with Gasteiger partial charge in [0, 0.05) is 6.20 Å². The maximum Gasteiger partial charge on any atom is 0.337 e. The highest BCUT2D eigenvalue weighted by Crippen LogP contribution is 2.19. The van der Waals surface area contributed by atoms with Crippen LogP contribution in [0, 0.1) is 13.8 Å². The van der Waals surface area contributed by atoms with Crippen molar-refractivity contribution >= 4 is 23.2 Å². The molecule has 0 bridgehead atoms. The molecule has 6 nitrogen and oxygen atoms in total. The number of para-hydroxylation sites is 1. The molecule has 6 heteroatoms. The quantitative estimate of drug-likeness (QED) is 0.779. The molecule has 116 valence electrons. The summed E-state index contributed by atoms with van der Waals surface area (Å²) in [6.45, 7) is 3.67. The molecule has 0 saturated heterocycles. The number of fused-ring (bicyclic) bond motifs is 1. The fourth-order valence-corrected chi connectivity index (χ4v) is 2.55. The molecular formula is C17H15N3O3. The van der Waals surface area contributed by atoms with Crippen LogP contribution in [-0.4, -0.2) is 26.4 Å². The Kier molecular flexibility index (Phi) is 3.57. The normalized spacial score (nSPS) is 10.7. The molecule has 0 unspecified atom stereocenters. The van der Waals surface area contributed by atoms with Gasteiger partial charge < -0.3 is 10.4 Å². The third kappa shape index (κ3) is 2.55. The summed E-state index contributed by atoms with van der Waals surface area (Å²) in [6.07, 6.45) is 1.76. The molecule has 23 heavy (non-hydrogen) atoms. The van der Waals surface area contributed by atoms with Crippen molar-refractivity contribution in [1.29, 1.82) is 0 Å². The van der Waals surface area contributed by atoms with Crippen LogP contribution in [0.25, 0.3) is 5.65 Å². The zero-order valence-electron chi connectivity index (χ0n) is 12.7. The number of benzene rings is 1. The number of anilines is 1. The third-order valence-electron chi connectivity index (χ3n) is 3.64. The Bertz CT molecular complexity index is 928. The summed E-state index contributed by atoms with van der Waals surface area (Å²) in [6, 6.07) is 10.1. The molecule has 0 fully saturated rings. The molecule has 0 atom stereocenters. The van der Waals surface area contributed by atoms with Crippen molar-refractivity contribution in [2.24, 2.45) is 0 Å². The van der Waals surface area contributed by atoms with Crippen LogP contribution in [0.3, 0.4) is 0 Å². The average molecular weight is 309 g/mol. The maximum atomic E-state index is 12.6. The van der Waals surface area contributed by atoms with Crippen molar-refractivity contribution < 1.29 is 14.7 Å². The summed E-state index contributed by atoms with van der Waals surface area (Å²) in [5, 5.41) is 11.9. The van der Waals surface area contributed by atoms with Gasteiger partial charge in [-0.2, -0.15) is 0 Å². The van der Waals surface area contributed by atoms with E-state index in [-0.39, 0.29) is 11.3 Å². The summed E-state index contributed by atoms with van der Waals surface area (Å²) in [5.74, 6) is -1.49. The van der Waals surface area contributed by atoms with Gasteiger partial charge in [0.15, 0.2) is 0 Å². The number of carbonyl (C=O) groups excluding carboxylic acids is 1. The van der Waals surface area contributed by atoms with Gasteiger partial charge in [-0.15, -0.1) is 0 Å². The SMILES string of the molecule is Cc1nc2c(C)cccn2c1C(=O)Nc1ccccc1C(=O)O. The van der Waals surface area contributed by atoms with E-state index in [9.17, 15) is 14.7 Å². The van der Waals surface area contributed by atoms with E-state index in [0.29, 0.717) is 17.0 Å². The number of aromatic carboxylic acids is 1. The predicted molar refractivity (Wildman–Crippen MR) is 86.0 cm³/mol. The first-order valence-corrected chi connectivity index (χ1v) is 7.07. The van der Waals surface area contributed by atoms with E-state index in [1.807, 2.05) is 19.1 Å². The molecule has 3 aromatic rings. The first-order valence-electron chi connectivity index (χ1n) is 7.07. The Hall–Kier alpha value is -3.15. The van der Waals surface area contributed by atoms with Gasteiger partial charge in [0.05, 0.1) is 16.9 Å². The highest BCUT2D eigenvalue weighted by molar-refractivity contribution is 6.07. The second-order valence-corrected chi connectivity index (χ2v) is 5.24. The molecule has 2 N–H and O–H groups in total. The van der Waals surface area contributed by atoms with E-state index in [4.69, 9.17) is 0 Å². The molecule has 0 saturated carbocycles. The standard InChI is InChI=1S/C17H15N3O3/c1-10-6-5-9-20-14(11(2)18-15(10)20)16(21)19-13-8-4-3-7-12(13)17(22)23/h3-9H,1-2H3,(H,19,21)(H,22,23). The van der Waals surface area contributed by atoms with E-state index < -0.39 is 11.9 Å². The first kappa shape index (κ1) is 14.8. The van der Waals surface area contributed by atoms with Crippen molar-refractivity contribution in [2.75, 3.05) is 5.32 Å². The summed E-state index contributed by atoms with van der Waals surface area (Å²) in [4.78, 5) is 28.3. The Morgan fingerprint density at radius 2 is 1.87 bits per heavy atom. The number of nitrogens with zero attached hydrogens (tertiary/aromatic N) is 2. The van der Waals surface area contributed by atoms with Gasteiger partial charge in [-0.3, -0.25) is 9.20 Å². The molecule has 1 amide bonds. The first-order chi connectivity index (χ1) is 11.0. The maximum absolute atomic E-state index is 12.6. The molecule has 2 aromatic heterocycles. The van der Waals surface area contributed by atoms with Crippen LogP contribution in [0.5, 0.6) is 0 Å². The van der Waals surface area contributed by atoms with Crippen LogP contribution in [0.1, 0.15) is 32.1 Å². The number of carbonyl (C=O) groups is 2. The van der Waals surface area contributed by atoms with E-state index in [2.05, 4.69) is 10.3 Å². The van der Waals surface area contributed by atoms with Crippen LogP contribution in [0.2, 0.25) is 0 Å². The zero-order chi connectivity index (χ0) is 16.6. The van der Waals surface area contributed by atoms with Gasteiger partial charge in [-0.1, -0.05) is 18.2 Å². The fourth-order valence-electron chi connectivity index (χ4n) is 2.55. The highest BCUT2D eigenvalue weighted by Gasteiger charge is 2.19. The number of rotatable bonds is 3. The number of carboxylic acids is 1. The van der Waals surface area contributed by atoms with Crippen LogP contribution < -0.4 is 5.32 Å². The van der Waals surface area contributed by atoms with Crippen LogP contribution in [-0.2, 0) is 0 Å². The van der Waals surface area contributed by atoms with Crippen LogP contribution in [0.4, 0.5) is 5.69 Å². The van der Waals surface area contributed by atoms with E-state index in [0.717, 1.165) is 5.56 Å². The van der Waals surface area contributed by atoms with E-state index in [1.54, 1.807) is 35.7 Å². The third-order valence-corrected chi connectivity index (χ3v) is 3.64. The van der Waals surface area contributed by atoms with Crippen molar-refractivity contribution in [1.82, 2.24) is 9.38 Å². The lowest BCUT2D eigenvalue weighted by atomic mass is 10.1. The number of aromatic nitrogens is 2. The molecule has 3 rings (SSSR count). The lowest BCUT2D eigenvalue weighted by Gasteiger charge is -2.09. The Balaban J connectivity index is 2.04. The largest absolute Gasteiger partial charge is 0.478 e. The lowest BCUT2D eigenvalue weighted by molar-refractivity contribution is 0.0698. The van der Waals surface area contributed by atoms with Gasteiger partial charge in [0.1, 0.15) is 11.3 Å². The number of aryl methyl sites for hydroxylation is 2. The minimum atomic E-state index is -1.09. The summed E-state index contributed by atoms with van der Waals surface area (Å²) >= 11 is 0. The molecule has 1 aromatic carbocycles. The summed E-state index contributed by atoms with van der Waals surface area (Å²) in [7, 11) is 0. The fraction of sp³-hybridized carbons (Fsp3) is 0.118. The molecule has 0 aliphatic heterocycles. The van der Waals surface area contributed by atoms with Gasteiger partial charge >= 0.3 is 5.97 Å². The molecule has 0 radical (unpaired) electrons. The number of imidazole rings is 1. The molecule has 0 aliphatic rings. The second kappa shape index (κ2) is 5.57. The predicted octanol–water partition coefficient (Wildman–Crippen LogP) is 2.90. The van der Waals surface area contributed by atoms with Crippen LogP contribution >= 0.6 is 0 Å². The monoisotopic (exact) mass is 309 g/mol. The highest BCUT2D eigenvalue weighted by atomic mass is 16.4. The number of amides is 1. The van der Waals surface area contributed by atoms with Crippen molar-refractivity contribution in [3.63, 3.8) is 0 Å². The van der Waals surface area contributed by atoms with E-state index in [1.165, 1.54) is 6.07 Å².